The number of nitrogens with one attached hydrogen (secondary N) is 1. The quantitative estimate of drug-likeness (QED) is 0.887. The second kappa shape index (κ2) is 6.08. The van der Waals surface area contributed by atoms with Crippen LogP contribution in [-0.2, 0) is 11.3 Å². The Morgan fingerprint density at radius 3 is 2.82 bits per heavy atom. The monoisotopic (exact) mass is 305 g/mol. The summed E-state index contributed by atoms with van der Waals surface area (Å²) in [5.74, 6) is -1.19. The Hall–Kier alpha value is -1.88. The summed E-state index contributed by atoms with van der Waals surface area (Å²) in [6, 6.07) is 7.76. The molecule has 118 valence electrons. The largest absolute Gasteiger partial charge is 0.481 e. The molecule has 0 aliphatic heterocycles. The smallest absolute Gasteiger partial charge is 0.306 e. The number of furan rings is 1. The van der Waals surface area contributed by atoms with Crippen LogP contribution in [0.3, 0.4) is 0 Å². The highest BCUT2D eigenvalue weighted by Crippen LogP contribution is 2.35. The molecule has 1 aromatic carbocycles. The molecular formula is C17H20FNO3. The number of aliphatic carboxylic acids is 1. The first-order valence-electron chi connectivity index (χ1n) is 7.65. The molecule has 22 heavy (non-hydrogen) atoms. The lowest BCUT2D eigenvalue weighted by molar-refractivity contribution is -0.143. The Balaban J connectivity index is 1.54. The number of halogens is 1. The van der Waals surface area contributed by atoms with Crippen molar-refractivity contribution in [3.05, 3.63) is 36.1 Å². The second-order valence-electron chi connectivity index (χ2n) is 6.12. The van der Waals surface area contributed by atoms with Crippen LogP contribution in [0.4, 0.5) is 4.39 Å². The predicted octanol–water partition coefficient (Wildman–Crippen LogP) is 3.51. The number of benzene rings is 1. The summed E-state index contributed by atoms with van der Waals surface area (Å²) in [5, 5.41) is 13.2. The Morgan fingerprint density at radius 1 is 1.36 bits per heavy atom. The molecule has 0 radical (unpaired) electrons. The fourth-order valence-corrected chi connectivity index (χ4v) is 3.15. The first-order chi connectivity index (χ1) is 10.6. The number of carboxylic acids is 1. The Morgan fingerprint density at radius 2 is 2.09 bits per heavy atom. The molecule has 0 spiro atoms. The summed E-state index contributed by atoms with van der Waals surface area (Å²) >= 11 is 0. The molecule has 1 aliphatic carbocycles. The Kier molecular flexibility index (Phi) is 4.16. The topological polar surface area (TPSA) is 62.5 Å². The molecule has 2 N–H and O–H groups in total. The first kappa shape index (κ1) is 15.0. The summed E-state index contributed by atoms with van der Waals surface area (Å²) in [6.45, 7) is 0.796. The van der Waals surface area contributed by atoms with Crippen LogP contribution >= 0.6 is 0 Å². The van der Waals surface area contributed by atoms with Crippen molar-refractivity contribution in [2.24, 2.45) is 5.92 Å². The summed E-state index contributed by atoms with van der Waals surface area (Å²) in [7, 11) is 0. The summed E-state index contributed by atoms with van der Waals surface area (Å²) in [6.07, 6.45) is 3.15. The van der Waals surface area contributed by atoms with E-state index in [4.69, 9.17) is 9.52 Å². The van der Waals surface area contributed by atoms with Gasteiger partial charge in [-0.05, 0) is 31.7 Å². The molecule has 1 saturated carbocycles. The van der Waals surface area contributed by atoms with E-state index in [1.165, 1.54) is 0 Å². The molecule has 0 amide bonds. The van der Waals surface area contributed by atoms with E-state index < -0.39 is 11.6 Å². The fourth-order valence-electron chi connectivity index (χ4n) is 3.15. The second-order valence-corrected chi connectivity index (χ2v) is 6.12. The van der Waals surface area contributed by atoms with Gasteiger partial charge in [0, 0.05) is 24.0 Å². The van der Waals surface area contributed by atoms with Gasteiger partial charge in [-0.2, -0.15) is 0 Å². The van der Waals surface area contributed by atoms with Crippen molar-refractivity contribution in [1.82, 2.24) is 5.32 Å². The molecular weight excluding hydrogens is 285 g/mol. The van der Waals surface area contributed by atoms with Gasteiger partial charge in [0.25, 0.3) is 0 Å². The molecule has 1 heterocycles. The number of carboxylic acid groups (broad SMARTS) is 1. The zero-order valence-corrected chi connectivity index (χ0v) is 12.3. The average molecular weight is 305 g/mol. The van der Waals surface area contributed by atoms with Crippen molar-refractivity contribution in [2.45, 2.75) is 37.9 Å². The molecule has 0 unspecified atom stereocenters. The van der Waals surface area contributed by atoms with Crippen LogP contribution < -0.4 is 5.32 Å². The van der Waals surface area contributed by atoms with Gasteiger partial charge in [0.2, 0.25) is 0 Å². The summed E-state index contributed by atoms with van der Waals surface area (Å²) in [4.78, 5) is 10.9. The van der Waals surface area contributed by atoms with Crippen molar-refractivity contribution in [3.63, 3.8) is 0 Å². The van der Waals surface area contributed by atoms with Gasteiger partial charge in [0.15, 0.2) is 0 Å². The molecule has 1 aliphatic rings. The standard InChI is InChI=1S/C17H20FNO3/c18-17(7-5-12(6-8-17)16(20)21)11-19-9-13-10-22-15-4-2-1-3-14(13)15/h1-4,10,12,19H,5-9,11H2,(H,20,21). The highest BCUT2D eigenvalue weighted by atomic mass is 19.1. The highest BCUT2D eigenvalue weighted by Gasteiger charge is 2.37. The van der Waals surface area contributed by atoms with E-state index >= 15 is 0 Å². The van der Waals surface area contributed by atoms with Crippen LogP contribution in [0.5, 0.6) is 0 Å². The minimum atomic E-state index is -1.30. The van der Waals surface area contributed by atoms with E-state index in [9.17, 15) is 9.18 Å². The number of rotatable bonds is 5. The van der Waals surface area contributed by atoms with E-state index in [0.29, 0.717) is 32.2 Å². The minimum absolute atomic E-state index is 0.249. The van der Waals surface area contributed by atoms with Crippen LogP contribution in [0.15, 0.2) is 34.9 Å². The SMILES string of the molecule is O=C(O)C1CCC(F)(CNCc2coc3ccccc23)CC1. The van der Waals surface area contributed by atoms with Gasteiger partial charge in [-0.1, -0.05) is 18.2 Å². The number of hydrogen-bond acceptors (Lipinski definition) is 3. The van der Waals surface area contributed by atoms with E-state index in [-0.39, 0.29) is 12.5 Å². The van der Waals surface area contributed by atoms with Gasteiger partial charge in [-0.3, -0.25) is 4.79 Å². The zero-order valence-electron chi connectivity index (χ0n) is 12.3. The van der Waals surface area contributed by atoms with Crippen molar-refractivity contribution >= 4 is 16.9 Å². The lowest BCUT2D eigenvalue weighted by Gasteiger charge is -2.32. The van der Waals surface area contributed by atoms with Crippen molar-refractivity contribution in [3.8, 4) is 0 Å². The minimum Gasteiger partial charge on any atom is -0.481 e. The molecule has 0 bridgehead atoms. The third-order valence-corrected chi connectivity index (χ3v) is 4.55. The predicted molar refractivity (Wildman–Crippen MR) is 81.4 cm³/mol. The van der Waals surface area contributed by atoms with Crippen molar-refractivity contribution in [1.29, 1.82) is 0 Å². The maximum absolute atomic E-state index is 14.7. The van der Waals surface area contributed by atoms with Crippen LogP contribution in [0.2, 0.25) is 0 Å². The lowest BCUT2D eigenvalue weighted by atomic mass is 9.80. The van der Waals surface area contributed by atoms with Crippen LogP contribution in [0.1, 0.15) is 31.2 Å². The van der Waals surface area contributed by atoms with E-state index in [1.807, 2.05) is 24.3 Å². The highest BCUT2D eigenvalue weighted by molar-refractivity contribution is 5.80. The number of carbonyl (C=O) groups is 1. The van der Waals surface area contributed by atoms with Gasteiger partial charge in [-0.25, -0.2) is 4.39 Å². The number of alkyl halides is 1. The van der Waals surface area contributed by atoms with Gasteiger partial charge >= 0.3 is 5.97 Å². The van der Waals surface area contributed by atoms with Crippen molar-refractivity contribution < 1.29 is 18.7 Å². The average Bonchev–Trinajstić information content (AvgIpc) is 2.91. The van der Waals surface area contributed by atoms with E-state index in [0.717, 1.165) is 16.5 Å². The molecule has 1 fully saturated rings. The van der Waals surface area contributed by atoms with Crippen LogP contribution in [0, 0.1) is 5.92 Å². The van der Waals surface area contributed by atoms with Gasteiger partial charge in [-0.15, -0.1) is 0 Å². The number of hydrogen-bond donors (Lipinski definition) is 2. The third kappa shape index (κ3) is 3.14. The molecule has 0 saturated heterocycles. The molecule has 0 atom stereocenters. The summed E-state index contributed by atoms with van der Waals surface area (Å²) in [5.41, 5.74) is 0.542. The van der Waals surface area contributed by atoms with Crippen LogP contribution in [-0.4, -0.2) is 23.3 Å². The first-order valence-corrected chi connectivity index (χ1v) is 7.65. The zero-order chi connectivity index (χ0) is 15.6. The number of fused-ring (bicyclic) bond motifs is 1. The van der Waals surface area contributed by atoms with Crippen LogP contribution in [0.25, 0.3) is 11.0 Å². The van der Waals surface area contributed by atoms with E-state index in [2.05, 4.69) is 5.32 Å². The molecule has 2 aromatic rings. The van der Waals surface area contributed by atoms with Crippen molar-refractivity contribution in [2.75, 3.05) is 6.54 Å². The van der Waals surface area contributed by atoms with Gasteiger partial charge in [0.05, 0.1) is 12.2 Å². The maximum Gasteiger partial charge on any atom is 0.306 e. The van der Waals surface area contributed by atoms with Gasteiger partial charge < -0.3 is 14.8 Å². The molecule has 5 heteroatoms. The normalized spacial score (nSPS) is 25.4. The third-order valence-electron chi connectivity index (χ3n) is 4.55. The molecule has 4 nitrogen and oxygen atoms in total. The molecule has 3 rings (SSSR count). The van der Waals surface area contributed by atoms with E-state index in [1.54, 1.807) is 6.26 Å². The summed E-state index contributed by atoms with van der Waals surface area (Å²) < 4.78 is 20.1. The molecule has 1 aromatic heterocycles. The Labute approximate surface area is 128 Å². The number of para-hydroxylation sites is 1. The maximum atomic E-state index is 14.7. The fraction of sp³-hybridized carbons (Fsp3) is 0.471. The lowest BCUT2D eigenvalue weighted by Crippen LogP contribution is -2.40. The Bertz CT molecular complexity index is 659. The van der Waals surface area contributed by atoms with Gasteiger partial charge in [0.1, 0.15) is 11.3 Å².